The second kappa shape index (κ2) is 7.98. The highest BCUT2D eigenvalue weighted by molar-refractivity contribution is 6.01. The van der Waals surface area contributed by atoms with Gasteiger partial charge in [0, 0.05) is 0 Å². The van der Waals surface area contributed by atoms with Crippen LogP contribution in [0.25, 0.3) is 0 Å². The van der Waals surface area contributed by atoms with Gasteiger partial charge < -0.3 is 9.84 Å². The summed E-state index contributed by atoms with van der Waals surface area (Å²) < 4.78 is 5.40. The maximum Gasteiger partial charge on any atom is 0.277 e. The normalized spacial score (nSPS) is 11.1. The molecule has 0 bridgehead atoms. The van der Waals surface area contributed by atoms with Crippen molar-refractivity contribution in [1.82, 2.24) is 5.43 Å². The lowest BCUT2D eigenvalue weighted by Gasteiger charge is -2.07. The number of rotatable bonds is 6. The molecule has 120 valence electrons. The molecule has 0 aliphatic carbocycles. The minimum atomic E-state index is -0.324. The number of nitrogens with zero attached hydrogens (tertiary/aromatic N) is 1. The zero-order valence-corrected chi connectivity index (χ0v) is 13.2. The molecule has 2 N–H and O–H groups in total. The Balaban J connectivity index is 1.90. The van der Waals surface area contributed by atoms with E-state index >= 15 is 0 Å². The summed E-state index contributed by atoms with van der Waals surface area (Å²) in [5.41, 5.74) is 5.20. The first-order valence-electron chi connectivity index (χ1n) is 7.42. The molecule has 0 aliphatic heterocycles. The first-order valence-corrected chi connectivity index (χ1v) is 7.42. The molecule has 1 amide bonds. The highest BCUT2D eigenvalue weighted by atomic mass is 16.5. The molecule has 0 spiro atoms. The Bertz CT molecular complexity index is 676. The fourth-order valence-electron chi connectivity index (χ4n) is 1.95. The number of hydrazone groups is 1. The van der Waals surface area contributed by atoms with Crippen LogP contribution < -0.4 is 10.2 Å². The predicted molar refractivity (Wildman–Crippen MR) is 89.8 cm³/mol. The molecule has 0 aliphatic rings. The van der Waals surface area contributed by atoms with Gasteiger partial charge in [-0.25, -0.2) is 5.43 Å². The molecule has 0 saturated carbocycles. The number of carbonyl (C=O) groups excluding carboxylic acids is 1. The molecular weight excluding hydrogens is 292 g/mol. The SMILES string of the molecule is CC/C(=N\NC(=O)COc1ccc(C)cc1)c1ccc(O)cc1. The van der Waals surface area contributed by atoms with Crippen LogP contribution in [-0.2, 0) is 4.79 Å². The maximum atomic E-state index is 11.8. The summed E-state index contributed by atoms with van der Waals surface area (Å²) in [6.07, 6.45) is 0.657. The zero-order chi connectivity index (χ0) is 16.7. The molecule has 0 aromatic heterocycles. The molecule has 0 unspecified atom stereocenters. The second-order valence-corrected chi connectivity index (χ2v) is 5.10. The highest BCUT2D eigenvalue weighted by Crippen LogP contribution is 2.12. The van der Waals surface area contributed by atoms with Crippen LogP contribution in [0.15, 0.2) is 53.6 Å². The van der Waals surface area contributed by atoms with E-state index in [-0.39, 0.29) is 18.3 Å². The van der Waals surface area contributed by atoms with E-state index in [0.717, 1.165) is 16.8 Å². The lowest BCUT2D eigenvalue weighted by Crippen LogP contribution is -2.26. The molecular formula is C18H20N2O3. The van der Waals surface area contributed by atoms with E-state index in [1.807, 2.05) is 38.1 Å². The average Bonchev–Trinajstić information content (AvgIpc) is 2.56. The van der Waals surface area contributed by atoms with Gasteiger partial charge >= 0.3 is 0 Å². The van der Waals surface area contributed by atoms with Crippen LogP contribution >= 0.6 is 0 Å². The monoisotopic (exact) mass is 312 g/mol. The fourth-order valence-corrected chi connectivity index (χ4v) is 1.95. The fraction of sp³-hybridized carbons (Fsp3) is 0.222. The van der Waals surface area contributed by atoms with Gasteiger partial charge in [-0.15, -0.1) is 0 Å². The zero-order valence-electron chi connectivity index (χ0n) is 13.2. The van der Waals surface area contributed by atoms with Gasteiger partial charge in [-0.2, -0.15) is 5.10 Å². The van der Waals surface area contributed by atoms with Crippen molar-refractivity contribution in [2.45, 2.75) is 20.3 Å². The topological polar surface area (TPSA) is 70.9 Å². The van der Waals surface area contributed by atoms with E-state index in [1.165, 1.54) is 0 Å². The van der Waals surface area contributed by atoms with Crippen molar-refractivity contribution < 1.29 is 14.6 Å². The maximum absolute atomic E-state index is 11.8. The van der Waals surface area contributed by atoms with Crippen LogP contribution in [0.1, 0.15) is 24.5 Å². The molecule has 5 nitrogen and oxygen atoms in total. The van der Waals surface area contributed by atoms with Crippen LogP contribution in [-0.4, -0.2) is 23.3 Å². The second-order valence-electron chi connectivity index (χ2n) is 5.10. The van der Waals surface area contributed by atoms with Gasteiger partial charge in [0.1, 0.15) is 11.5 Å². The Morgan fingerprint density at radius 3 is 2.39 bits per heavy atom. The number of carbonyl (C=O) groups is 1. The third-order valence-corrected chi connectivity index (χ3v) is 3.24. The van der Waals surface area contributed by atoms with Gasteiger partial charge in [0.05, 0.1) is 5.71 Å². The van der Waals surface area contributed by atoms with Gasteiger partial charge in [-0.1, -0.05) is 24.6 Å². The van der Waals surface area contributed by atoms with Crippen molar-refractivity contribution in [1.29, 1.82) is 0 Å². The Morgan fingerprint density at radius 1 is 1.13 bits per heavy atom. The number of ether oxygens (including phenoxy) is 1. The van der Waals surface area contributed by atoms with Gasteiger partial charge in [0.2, 0.25) is 0 Å². The van der Waals surface area contributed by atoms with Gasteiger partial charge in [-0.05, 0) is 55.3 Å². The minimum absolute atomic E-state index is 0.0981. The molecule has 2 rings (SSSR count). The molecule has 0 saturated heterocycles. The molecule has 2 aromatic rings. The van der Waals surface area contributed by atoms with Crippen LogP contribution in [0.2, 0.25) is 0 Å². The van der Waals surface area contributed by atoms with Gasteiger partial charge in [0.25, 0.3) is 5.91 Å². The van der Waals surface area contributed by atoms with Gasteiger partial charge in [0.15, 0.2) is 6.61 Å². The Morgan fingerprint density at radius 2 is 1.78 bits per heavy atom. The summed E-state index contributed by atoms with van der Waals surface area (Å²) in [5.74, 6) is 0.513. The summed E-state index contributed by atoms with van der Waals surface area (Å²) in [7, 11) is 0. The number of phenols is 1. The van der Waals surface area contributed by atoms with E-state index in [1.54, 1.807) is 24.3 Å². The predicted octanol–water partition coefficient (Wildman–Crippen LogP) is 3.01. The molecule has 5 heteroatoms. The van der Waals surface area contributed by atoms with Crippen LogP contribution in [0.3, 0.4) is 0 Å². The first-order chi connectivity index (χ1) is 11.1. The summed E-state index contributed by atoms with van der Waals surface area (Å²) in [6, 6.07) is 14.2. The Hall–Kier alpha value is -2.82. The molecule has 2 aromatic carbocycles. The molecule has 0 radical (unpaired) electrons. The smallest absolute Gasteiger partial charge is 0.277 e. The standard InChI is InChI=1S/C18H20N2O3/c1-3-17(14-6-8-15(21)9-7-14)19-20-18(22)12-23-16-10-4-13(2)5-11-16/h4-11,21H,3,12H2,1-2H3,(H,20,22)/b19-17+. The number of nitrogens with one attached hydrogen (secondary N) is 1. The molecule has 0 fully saturated rings. The first kappa shape index (κ1) is 16.5. The Kier molecular flexibility index (Phi) is 5.74. The Labute approximate surface area is 135 Å². The van der Waals surface area contributed by atoms with Crippen molar-refractivity contribution in [3.05, 3.63) is 59.7 Å². The molecule has 0 heterocycles. The quantitative estimate of drug-likeness (QED) is 0.636. The number of aryl methyl sites for hydroxylation is 1. The average molecular weight is 312 g/mol. The number of hydrogen-bond donors (Lipinski definition) is 2. The lowest BCUT2D eigenvalue weighted by molar-refractivity contribution is -0.123. The van der Waals surface area contributed by atoms with E-state index in [2.05, 4.69) is 10.5 Å². The van der Waals surface area contributed by atoms with Crippen LogP contribution in [0.5, 0.6) is 11.5 Å². The van der Waals surface area contributed by atoms with Crippen molar-refractivity contribution in [2.75, 3.05) is 6.61 Å². The summed E-state index contributed by atoms with van der Waals surface area (Å²) in [6.45, 7) is 3.83. The van der Waals surface area contributed by atoms with Crippen molar-refractivity contribution in [2.24, 2.45) is 5.10 Å². The van der Waals surface area contributed by atoms with Crippen LogP contribution in [0, 0.1) is 6.92 Å². The number of phenolic OH excluding ortho intramolecular Hbond substituents is 1. The number of amides is 1. The number of benzene rings is 2. The molecule has 0 atom stereocenters. The highest BCUT2D eigenvalue weighted by Gasteiger charge is 2.05. The summed E-state index contributed by atoms with van der Waals surface area (Å²) in [5, 5.41) is 13.4. The van der Waals surface area contributed by atoms with E-state index in [0.29, 0.717) is 12.2 Å². The van der Waals surface area contributed by atoms with E-state index in [9.17, 15) is 9.90 Å². The van der Waals surface area contributed by atoms with Crippen molar-refractivity contribution in [3.63, 3.8) is 0 Å². The third kappa shape index (κ3) is 5.14. The van der Waals surface area contributed by atoms with Crippen molar-refractivity contribution in [3.8, 4) is 11.5 Å². The summed E-state index contributed by atoms with van der Waals surface area (Å²) in [4.78, 5) is 11.8. The molecule has 23 heavy (non-hydrogen) atoms. The minimum Gasteiger partial charge on any atom is -0.508 e. The van der Waals surface area contributed by atoms with E-state index < -0.39 is 0 Å². The number of aromatic hydroxyl groups is 1. The lowest BCUT2D eigenvalue weighted by atomic mass is 10.1. The van der Waals surface area contributed by atoms with Crippen molar-refractivity contribution >= 4 is 11.6 Å². The van der Waals surface area contributed by atoms with E-state index in [4.69, 9.17) is 4.74 Å². The largest absolute Gasteiger partial charge is 0.508 e. The summed E-state index contributed by atoms with van der Waals surface area (Å²) >= 11 is 0. The van der Waals surface area contributed by atoms with Crippen LogP contribution in [0.4, 0.5) is 0 Å². The van der Waals surface area contributed by atoms with Gasteiger partial charge in [-0.3, -0.25) is 4.79 Å². The third-order valence-electron chi connectivity index (χ3n) is 3.24. The number of hydrogen-bond acceptors (Lipinski definition) is 4.